The number of hydrogen-bond donors (Lipinski definition) is 0. The first kappa shape index (κ1) is 16.5. The second-order valence-corrected chi connectivity index (χ2v) is 9.35. The normalized spacial score (nSPS) is 47.5. The fourth-order valence-electron chi connectivity index (χ4n) is 7.69. The molecular weight excluding hydrogens is 296 g/mol. The van der Waals surface area contributed by atoms with Crippen LogP contribution in [-0.2, 0) is 9.59 Å². The lowest BCUT2D eigenvalue weighted by Gasteiger charge is -2.59. The minimum Gasteiger partial charge on any atom is -0.300 e. The molecule has 132 valence electrons. The summed E-state index contributed by atoms with van der Waals surface area (Å²) in [4.78, 5) is 24.2. The van der Waals surface area contributed by atoms with Crippen LogP contribution >= 0.6 is 0 Å². The highest BCUT2D eigenvalue weighted by Crippen LogP contribution is 2.67. The summed E-state index contributed by atoms with van der Waals surface area (Å²) in [5.41, 5.74) is 2.02. The number of ketones is 2. The quantitative estimate of drug-likeness (QED) is 0.705. The van der Waals surface area contributed by atoms with Gasteiger partial charge in [-0.25, -0.2) is 0 Å². The molecule has 0 heterocycles. The molecule has 2 heteroatoms. The van der Waals surface area contributed by atoms with Crippen LogP contribution in [0.5, 0.6) is 0 Å². The molecule has 0 radical (unpaired) electrons. The summed E-state index contributed by atoms with van der Waals surface area (Å²) in [5, 5.41) is 0. The molecule has 4 rings (SSSR count). The second-order valence-electron chi connectivity index (χ2n) is 9.35. The first-order valence-corrected chi connectivity index (χ1v) is 10.2. The van der Waals surface area contributed by atoms with E-state index in [2.05, 4.69) is 13.8 Å². The summed E-state index contributed by atoms with van der Waals surface area (Å²) in [6.07, 6.45) is 12.2. The molecule has 0 aromatic rings. The van der Waals surface area contributed by atoms with Crippen LogP contribution in [0.3, 0.4) is 0 Å². The minimum absolute atomic E-state index is 0.244. The van der Waals surface area contributed by atoms with Crippen molar-refractivity contribution in [3.05, 3.63) is 11.6 Å². The predicted octanol–water partition coefficient (Wildman–Crippen LogP) is 5.11. The van der Waals surface area contributed by atoms with Crippen molar-refractivity contribution in [1.82, 2.24) is 0 Å². The van der Waals surface area contributed by atoms with E-state index in [9.17, 15) is 9.59 Å². The largest absolute Gasteiger partial charge is 0.300 e. The van der Waals surface area contributed by atoms with Crippen LogP contribution in [0.25, 0.3) is 0 Å². The molecule has 0 saturated heterocycles. The lowest BCUT2D eigenvalue weighted by atomic mass is 9.45. The van der Waals surface area contributed by atoms with E-state index in [1.165, 1.54) is 37.7 Å². The van der Waals surface area contributed by atoms with Crippen LogP contribution in [0.1, 0.15) is 78.6 Å². The maximum absolute atomic E-state index is 12.2. The van der Waals surface area contributed by atoms with Crippen LogP contribution in [0.4, 0.5) is 0 Å². The molecule has 0 amide bonds. The van der Waals surface area contributed by atoms with E-state index in [1.807, 2.05) is 13.0 Å². The number of carbonyl (C=O) groups is 2. The van der Waals surface area contributed by atoms with Crippen LogP contribution in [0.15, 0.2) is 11.6 Å². The van der Waals surface area contributed by atoms with Gasteiger partial charge in [-0.3, -0.25) is 9.59 Å². The average Bonchev–Trinajstić information content (AvgIpc) is 2.91. The van der Waals surface area contributed by atoms with Gasteiger partial charge in [0.15, 0.2) is 5.78 Å². The van der Waals surface area contributed by atoms with Gasteiger partial charge in [-0.1, -0.05) is 19.4 Å². The van der Waals surface area contributed by atoms with Gasteiger partial charge < -0.3 is 0 Å². The topological polar surface area (TPSA) is 34.1 Å². The highest BCUT2D eigenvalue weighted by molar-refractivity contribution is 5.91. The van der Waals surface area contributed by atoms with Crippen molar-refractivity contribution in [3.8, 4) is 0 Å². The Hall–Kier alpha value is -0.920. The lowest BCUT2D eigenvalue weighted by molar-refractivity contribution is -0.129. The summed E-state index contributed by atoms with van der Waals surface area (Å²) in [7, 11) is 0. The summed E-state index contributed by atoms with van der Waals surface area (Å²) >= 11 is 0. The molecule has 24 heavy (non-hydrogen) atoms. The molecule has 4 aliphatic carbocycles. The zero-order chi connectivity index (χ0) is 17.1. The predicted molar refractivity (Wildman–Crippen MR) is 95.5 cm³/mol. The summed E-state index contributed by atoms with van der Waals surface area (Å²) in [5.74, 6) is 3.32. The maximum atomic E-state index is 12.2. The van der Waals surface area contributed by atoms with Crippen molar-refractivity contribution in [1.29, 1.82) is 0 Å². The van der Waals surface area contributed by atoms with Crippen molar-refractivity contribution in [2.75, 3.05) is 0 Å². The number of Topliss-reactive ketones (excluding diaryl/α,β-unsaturated/α-hetero) is 1. The maximum Gasteiger partial charge on any atom is 0.155 e. The molecule has 2 nitrogen and oxygen atoms in total. The Morgan fingerprint density at radius 2 is 1.92 bits per heavy atom. The fraction of sp³-hybridized carbons (Fsp3) is 0.818. The van der Waals surface area contributed by atoms with Crippen LogP contribution in [0, 0.1) is 34.5 Å². The van der Waals surface area contributed by atoms with Gasteiger partial charge in [0.25, 0.3) is 0 Å². The second kappa shape index (κ2) is 5.54. The van der Waals surface area contributed by atoms with Gasteiger partial charge in [-0.2, -0.15) is 0 Å². The van der Waals surface area contributed by atoms with E-state index in [0.717, 1.165) is 43.4 Å². The Balaban J connectivity index is 1.69. The van der Waals surface area contributed by atoms with Crippen molar-refractivity contribution in [2.24, 2.45) is 34.5 Å². The minimum atomic E-state index is 0.244. The molecular formula is C22H32O2. The molecule has 0 aliphatic heterocycles. The Bertz CT molecular complexity index is 603. The first-order chi connectivity index (χ1) is 11.4. The summed E-state index contributed by atoms with van der Waals surface area (Å²) < 4.78 is 0. The van der Waals surface area contributed by atoms with Crippen molar-refractivity contribution >= 4 is 11.6 Å². The highest BCUT2D eigenvalue weighted by atomic mass is 16.1. The Morgan fingerprint density at radius 1 is 1.12 bits per heavy atom. The smallest absolute Gasteiger partial charge is 0.155 e. The molecule has 3 saturated carbocycles. The van der Waals surface area contributed by atoms with Gasteiger partial charge in [0.05, 0.1) is 0 Å². The first-order valence-electron chi connectivity index (χ1n) is 10.2. The highest BCUT2D eigenvalue weighted by Gasteiger charge is 2.60. The van der Waals surface area contributed by atoms with Gasteiger partial charge in [-0.05, 0) is 93.0 Å². The van der Waals surface area contributed by atoms with E-state index >= 15 is 0 Å². The van der Waals surface area contributed by atoms with Crippen LogP contribution in [0.2, 0.25) is 0 Å². The number of rotatable bonds is 2. The third kappa shape index (κ3) is 2.07. The number of hydrogen-bond acceptors (Lipinski definition) is 2. The van der Waals surface area contributed by atoms with E-state index in [-0.39, 0.29) is 5.41 Å². The van der Waals surface area contributed by atoms with E-state index in [1.54, 1.807) is 0 Å². The molecule has 4 aliphatic rings. The van der Waals surface area contributed by atoms with Crippen LogP contribution < -0.4 is 0 Å². The van der Waals surface area contributed by atoms with Crippen molar-refractivity contribution in [2.45, 2.75) is 78.6 Å². The Labute approximate surface area is 146 Å². The van der Waals surface area contributed by atoms with Crippen molar-refractivity contribution in [3.63, 3.8) is 0 Å². The molecule has 0 N–H and O–H groups in total. The van der Waals surface area contributed by atoms with Crippen molar-refractivity contribution < 1.29 is 9.59 Å². The molecule has 3 fully saturated rings. The number of fused-ring (bicyclic) bond motifs is 5. The summed E-state index contributed by atoms with van der Waals surface area (Å²) in [6.45, 7) is 6.57. The monoisotopic (exact) mass is 328 g/mol. The molecule has 0 spiro atoms. The Kier molecular flexibility index (Phi) is 3.82. The zero-order valence-corrected chi connectivity index (χ0v) is 15.6. The third-order valence-electron chi connectivity index (χ3n) is 8.81. The molecule has 0 bridgehead atoms. The lowest BCUT2D eigenvalue weighted by Crippen LogP contribution is -2.51. The molecule has 0 aromatic carbocycles. The average molecular weight is 328 g/mol. The summed E-state index contributed by atoms with van der Waals surface area (Å²) in [6, 6.07) is 0. The fourth-order valence-corrected chi connectivity index (χ4v) is 7.69. The van der Waals surface area contributed by atoms with E-state index < -0.39 is 0 Å². The SMILES string of the molecule is CC[C@]12CCC(=O)C=C1CC[C@@H]1[C@@H]2CC[C@]2(C)[C@@H](C(C)=O)CC[C@@H]12. The zero-order valence-electron chi connectivity index (χ0n) is 15.6. The molecule has 0 aromatic heterocycles. The third-order valence-corrected chi connectivity index (χ3v) is 8.81. The van der Waals surface area contributed by atoms with Gasteiger partial charge in [0, 0.05) is 12.3 Å². The van der Waals surface area contributed by atoms with Gasteiger partial charge >= 0.3 is 0 Å². The van der Waals surface area contributed by atoms with Gasteiger partial charge in [0.2, 0.25) is 0 Å². The molecule has 6 atom stereocenters. The van der Waals surface area contributed by atoms with Gasteiger partial charge in [0.1, 0.15) is 5.78 Å². The number of allylic oxidation sites excluding steroid dienone is 1. The van der Waals surface area contributed by atoms with Gasteiger partial charge in [-0.15, -0.1) is 0 Å². The van der Waals surface area contributed by atoms with Crippen LogP contribution in [-0.4, -0.2) is 11.6 Å². The van der Waals surface area contributed by atoms with E-state index in [4.69, 9.17) is 0 Å². The molecule has 0 unspecified atom stereocenters. The van der Waals surface area contributed by atoms with E-state index in [0.29, 0.717) is 22.9 Å². The number of carbonyl (C=O) groups excluding carboxylic acids is 2. The Morgan fingerprint density at radius 3 is 2.62 bits per heavy atom. The standard InChI is InChI=1S/C22H32O2/c1-4-22-12-9-16(24)13-15(22)5-6-17-19-8-7-18(14(2)23)21(19,3)11-10-20(17)22/h13,17-20H,4-12H2,1-3H3/t17-,18+,19-,20-,21+,22-/m0/s1.